The minimum Gasteiger partial charge on any atom is -0.396 e. The maximum absolute atomic E-state index is 11.7. The molecule has 1 fully saturated rings. The molecular weight excluding hydrogens is 204 g/mol. The molecule has 3 atom stereocenters. The summed E-state index contributed by atoms with van der Waals surface area (Å²) >= 11 is 0. The van der Waals surface area contributed by atoms with E-state index in [1.54, 1.807) is 0 Å². The van der Waals surface area contributed by atoms with E-state index in [2.05, 4.69) is 5.32 Å². The van der Waals surface area contributed by atoms with Gasteiger partial charge in [0.25, 0.3) is 0 Å². The van der Waals surface area contributed by atoms with Gasteiger partial charge in [0.05, 0.1) is 0 Å². The Morgan fingerprint density at radius 2 is 2.19 bits per heavy atom. The number of nitrogens with one attached hydrogen (secondary N) is 1. The summed E-state index contributed by atoms with van der Waals surface area (Å²) in [6.07, 6.45) is 4.16. The second-order valence-electron chi connectivity index (χ2n) is 4.72. The SMILES string of the molecule is CCC(CN)C(=O)NCC1CCCC1CO. The standard InChI is InChI=1S/C12H24N2O2/c1-2-9(6-13)12(16)14-7-10-4-3-5-11(10)8-15/h9-11,15H,2-8,13H2,1H3,(H,14,16). The fraction of sp³-hybridized carbons (Fsp3) is 0.917. The third-order valence-corrected chi connectivity index (χ3v) is 3.74. The zero-order valence-electron chi connectivity index (χ0n) is 10.1. The lowest BCUT2D eigenvalue weighted by molar-refractivity contribution is -0.125. The molecule has 0 aliphatic heterocycles. The number of rotatable bonds is 6. The van der Waals surface area contributed by atoms with E-state index in [4.69, 9.17) is 5.73 Å². The lowest BCUT2D eigenvalue weighted by atomic mass is 9.96. The number of carbonyl (C=O) groups excluding carboxylic acids is 1. The first-order valence-corrected chi connectivity index (χ1v) is 6.31. The first-order chi connectivity index (χ1) is 7.72. The summed E-state index contributed by atoms with van der Waals surface area (Å²) in [6.45, 7) is 3.33. The van der Waals surface area contributed by atoms with Crippen LogP contribution in [0.5, 0.6) is 0 Å². The second kappa shape index (κ2) is 6.86. The molecule has 16 heavy (non-hydrogen) atoms. The van der Waals surface area contributed by atoms with Crippen LogP contribution in [0.25, 0.3) is 0 Å². The minimum absolute atomic E-state index is 0.0611. The molecule has 3 unspecified atom stereocenters. The zero-order valence-corrected chi connectivity index (χ0v) is 10.1. The van der Waals surface area contributed by atoms with E-state index in [-0.39, 0.29) is 18.4 Å². The quantitative estimate of drug-likeness (QED) is 0.619. The van der Waals surface area contributed by atoms with Gasteiger partial charge >= 0.3 is 0 Å². The summed E-state index contributed by atoms with van der Waals surface area (Å²) in [7, 11) is 0. The van der Waals surface area contributed by atoms with Crippen LogP contribution in [0.2, 0.25) is 0 Å². The summed E-state index contributed by atoms with van der Waals surface area (Å²) in [6, 6.07) is 0. The van der Waals surface area contributed by atoms with Crippen molar-refractivity contribution in [2.75, 3.05) is 19.7 Å². The monoisotopic (exact) mass is 228 g/mol. The number of hydrogen-bond acceptors (Lipinski definition) is 3. The van der Waals surface area contributed by atoms with E-state index >= 15 is 0 Å². The van der Waals surface area contributed by atoms with Gasteiger partial charge in [-0.25, -0.2) is 0 Å². The number of aliphatic hydroxyl groups excluding tert-OH is 1. The van der Waals surface area contributed by atoms with Crippen LogP contribution in [0.15, 0.2) is 0 Å². The van der Waals surface area contributed by atoms with Gasteiger partial charge in [0.1, 0.15) is 0 Å². The van der Waals surface area contributed by atoms with Gasteiger partial charge in [0.2, 0.25) is 5.91 Å². The van der Waals surface area contributed by atoms with Crippen molar-refractivity contribution in [2.45, 2.75) is 32.6 Å². The Labute approximate surface area is 97.6 Å². The van der Waals surface area contributed by atoms with Crippen LogP contribution in [0.3, 0.4) is 0 Å². The van der Waals surface area contributed by atoms with E-state index < -0.39 is 0 Å². The molecule has 4 nitrogen and oxygen atoms in total. The lowest BCUT2D eigenvalue weighted by Gasteiger charge is -2.19. The van der Waals surface area contributed by atoms with Gasteiger partial charge in [0, 0.05) is 25.6 Å². The molecule has 0 radical (unpaired) electrons. The highest BCUT2D eigenvalue weighted by Gasteiger charge is 2.27. The molecule has 0 aromatic heterocycles. The molecule has 0 spiro atoms. The third kappa shape index (κ3) is 3.46. The maximum atomic E-state index is 11.7. The predicted octanol–water partition coefficient (Wildman–Crippen LogP) is 0.496. The molecule has 4 heteroatoms. The fourth-order valence-electron chi connectivity index (χ4n) is 2.46. The normalized spacial score (nSPS) is 26.7. The highest BCUT2D eigenvalue weighted by Crippen LogP contribution is 2.30. The van der Waals surface area contributed by atoms with Crippen LogP contribution in [-0.4, -0.2) is 30.7 Å². The van der Waals surface area contributed by atoms with E-state index in [0.29, 0.717) is 24.9 Å². The van der Waals surface area contributed by atoms with Crippen LogP contribution < -0.4 is 11.1 Å². The first kappa shape index (κ1) is 13.5. The van der Waals surface area contributed by atoms with Crippen LogP contribution in [0.1, 0.15) is 32.6 Å². The molecule has 1 rings (SSSR count). The Bertz CT molecular complexity index is 217. The Hall–Kier alpha value is -0.610. The summed E-state index contributed by atoms with van der Waals surface area (Å²) in [5, 5.41) is 12.1. The first-order valence-electron chi connectivity index (χ1n) is 6.31. The third-order valence-electron chi connectivity index (χ3n) is 3.74. The average molecular weight is 228 g/mol. The van der Waals surface area contributed by atoms with Crippen LogP contribution in [0.4, 0.5) is 0 Å². The number of carbonyl (C=O) groups is 1. The van der Waals surface area contributed by atoms with Gasteiger partial charge in [-0.15, -0.1) is 0 Å². The molecule has 0 aromatic carbocycles. The Morgan fingerprint density at radius 1 is 1.50 bits per heavy atom. The van der Waals surface area contributed by atoms with E-state index in [1.807, 2.05) is 6.92 Å². The molecule has 1 amide bonds. The minimum atomic E-state index is -0.0611. The van der Waals surface area contributed by atoms with Gasteiger partial charge < -0.3 is 16.2 Å². The summed E-state index contributed by atoms with van der Waals surface area (Å²) in [4.78, 5) is 11.7. The van der Waals surface area contributed by atoms with Gasteiger partial charge in [0.15, 0.2) is 0 Å². The van der Waals surface area contributed by atoms with Crippen molar-refractivity contribution in [1.82, 2.24) is 5.32 Å². The Morgan fingerprint density at radius 3 is 2.75 bits per heavy atom. The smallest absolute Gasteiger partial charge is 0.224 e. The lowest BCUT2D eigenvalue weighted by Crippen LogP contribution is -2.38. The summed E-state index contributed by atoms with van der Waals surface area (Å²) in [5.74, 6) is 0.824. The highest BCUT2D eigenvalue weighted by molar-refractivity contribution is 5.78. The van der Waals surface area contributed by atoms with E-state index in [1.165, 1.54) is 6.42 Å². The Kier molecular flexibility index (Phi) is 5.77. The summed E-state index contributed by atoms with van der Waals surface area (Å²) < 4.78 is 0. The van der Waals surface area contributed by atoms with Crippen molar-refractivity contribution < 1.29 is 9.90 Å². The van der Waals surface area contributed by atoms with Gasteiger partial charge in [-0.2, -0.15) is 0 Å². The highest BCUT2D eigenvalue weighted by atomic mass is 16.3. The van der Waals surface area contributed by atoms with Gasteiger partial charge in [-0.05, 0) is 31.1 Å². The molecule has 1 saturated carbocycles. The second-order valence-corrected chi connectivity index (χ2v) is 4.72. The van der Waals surface area contributed by atoms with Crippen molar-refractivity contribution >= 4 is 5.91 Å². The molecule has 1 aliphatic carbocycles. The zero-order chi connectivity index (χ0) is 12.0. The average Bonchev–Trinajstić information content (AvgIpc) is 2.75. The number of hydrogen-bond donors (Lipinski definition) is 3. The molecular formula is C12H24N2O2. The number of aliphatic hydroxyl groups is 1. The Balaban J connectivity index is 2.30. The van der Waals surface area contributed by atoms with Crippen LogP contribution in [0, 0.1) is 17.8 Å². The predicted molar refractivity (Wildman–Crippen MR) is 63.8 cm³/mol. The molecule has 4 N–H and O–H groups in total. The van der Waals surface area contributed by atoms with Crippen molar-refractivity contribution in [3.8, 4) is 0 Å². The van der Waals surface area contributed by atoms with E-state index in [9.17, 15) is 9.90 Å². The maximum Gasteiger partial charge on any atom is 0.224 e. The number of amides is 1. The molecule has 0 saturated heterocycles. The van der Waals surface area contributed by atoms with Gasteiger partial charge in [-0.3, -0.25) is 4.79 Å². The molecule has 0 heterocycles. The molecule has 1 aliphatic rings. The summed E-state index contributed by atoms with van der Waals surface area (Å²) in [5.41, 5.74) is 5.52. The molecule has 94 valence electrons. The largest absolute Gasteiger partial charge is 0.396 e. The molecule has 0 bridgehead atoms. The van der Waals surface area contributed by atoms with Crippen molar-refractivity contribution in [1.29, 1.82) is 0 Å². The van der Waals surface area contributed by atoms with Crippen LogP contribution >= 0.6 is 0 Å². The van der Waals surface area contributed by atoms with Gasteiger partial charge in [-0.1, -0.05) is 13.3 Å². The molecule has 0 aromatic rings. The topological polar surface area (TPSA) is 75.4 Å². The fourth-order valence-corrected chi connectivity index (χ4v) is 2.46. The van der Waals surface area contributed by atoms with Crippen molar-refractivity contribution in [3.05, 3.63) is 0 Å². The van der Waals surface area contributed by atoms with Crippen molar-refractivity contribution in [3.63, 3.8) is 0 Å². The van der Waals surface area contributed by atoms with Crippen LogP contribution in [-0.2, 0) is 4.79 Å². The number of nitrogens with two attached hydrogens (primary N) is 1. The van der Waals surface area contributed by atoms with Crippen molar-refractivity contribution in [2.24, 2.45) is 23.5 Å². The van der Waals surface area contributed by atoms with E-state index in [0.717, 1.165) is 19.3 Å².